The molecule has 0 aliphatic carbocycles. The lowest BCUT2D eigenvalue weighted by atomic mass is 10.0. The number of nitrogens with one attached hydrogen (secondary N) is 1. The van der Waals surface area contributed by atoms with Crippen LogP contribution in [0, 0.1) is 0 Å². The van der Waals surface area contributed by atoms with Gasteiger partial charge >= 0.3 is 0 Å². The van der Waals surface area contributed by atoms with Gasteiger partial charge in [-0.25, -0.2) is 4.98 Å². The fraction of sp³-hybridized carbons (Fsp3) is 0.0870. The molecule has 0 amide bonds. The van der Waals surface area contributed by atoms with E-state index in [2.05, 4.69) is 17.1 Å². The molecule has 0 aliphatic rings. The maximum atomic E-state index is 5.57. The van der Waals surface area contributed by atoms with Gasteiger partial charge in [0.05, 0.1) is 25.5 Å². The highest BCUT2D eigenvalue weighted by molar-refractivity contribution is 5.84. The molecule has 0 saturated heterocycles. The molecule has 0 radical (unpaired) electrons. The minimum atomic E-state index is 0.757. The van der Waals surface area contributed by atoms with E-state index in [1.807, 2.05) is 66.7 Å². The Kier molecular flexibility index (Phi) is 4.62. The zero-order chi connectivity index (χ0) is 18.6. The van der Waals surface area contributed by atoms with Crippen molar-refractivity contribution in [2.24, 2.45) is 0 Å². The van der Waals surface area contributed by atoms with Crippen LogP contribution in [0.2, 0.25) is 0 Å². The second kappa shape index (κ2) is 7.38. The van der Waals surface area contributed by atoms with Crippen LogP contribution < -0.4 is 9.47 Å². The number of para-hydroxylation sites is 2. The molecule has 0 bridgehead atoms. The molecule has 0 atom stereocenters. The summed E-state index contributed by atoms with van der Waals surface area (Å²) in [6, 6.07) is 25.9. The van der Waals surface area contributed by atoms with Gasteiger partial charge in [0, 0.05) is 11.1 Å². The van der Waals surface area contributed by atoms with E-state index in [1.165, 1.54) is 0 Å². The van der Waals surface area contributed by atoms with Crippen LogP contribution in [-0.4, -0.2) is 24.2 Å². The van der Waals surface area contributed by atoms with Crippen LogP contribution in [0.1, 0.15) is 0 Å². The third-order valence-electron chi connectivity index (χ3n) is 4.49. The van der Waals surface area contributed by atoms with Gasteiger partial charge in [-0.15, -0.1) is 0 Å². The maximum absolute atomic E-state index is 5.57. The predicted molar refractivity (Wildman–Crippen MR) is 108 cm³/mol. The van der Waals surface area contributed by atoms with Gasteiger partial charge in [-0.05, 0) is 24.3 Å². The lowest BCUT2D eigenvalue weighted by Crippen LogP contribution is -1.90. The third-order valence-corrected chi connectivity index (χ3v) is 4.49. The number of aromatic nitrogens is 2. The van der Waals surface area contributed by atoms with Crippen LogP contribution in [0.25, 0.3) is 33.9 Å². The van der Waals surface area contributed by atoms with E-state index in [0.29, 0.717) is 0 Å². The Balaban J connectivity index is 1.96. The Morgan fingerprint density at radius 3 is 1.89 bits per heavy atom. The van der Waals surface area contributed by atoms with Gasteiger partial charge in [0.1, 0.15) is 23.0 Å². The van der Waals surface area contributed by atoms with Crippen LogP contribution in [0.4, 0.5) is 0 Å². The van der Waals surface area contributed by atoms with Gasteiger partial charge in [0.25, 0.3) is 0 Å². The molecule has 0 aliphatic heterocycles. The summed E-state index contributed by atoms with van der Waals surface area (Å²) in [5.41, 5.74) is 4.71. The molecule has 4 aromatic rings. The van der Waals surface area contributed by atoms with Crippen molar-refractivity contribution in [1.29, 1.82) is 0 Å². The molecule has 134 valence electrons. The summed E-state index contributed by atoms with van der Waals surface area (Å²) < 4.78 is 11.1. The average Bonchev–Trinajstić information content (AvgIpc) is 3.19. The Labute approximate surface area is 158 Å². The van der Waals surface area contributed by atoms with Gasteiger partial charge in [0.2, 0.25) is 0 Å². The first-order valence-electron chi connectivity index (χ1n) is 8.74. The zero-order valence-electron chi connectivity index (χ0n) is 15.3. The van der Waals surface area contributed by atoms with Gasteiger partial charge in [-0.2, -0.15) is 0 Å². The lowest BCUT2D eigenvalue weighted by Gasteiger charge is -2.08. The van der Waals surface area contributed by atoms with E-state index in [0.717, 1.165) is 45.4 Å². The molecule has 0 unspecified atom stereocenters. The highest BCUT2D eigenvalue weighted by Crippen LogP contribution is 2.38. The molecule has 0 spiro atoms. The maximum Gasteiger partial charge on any atom is 0.142 e. The standard InChI is InChI=1S/C23H20N2O2/c1-26-19-14-8-6-12-17(19)22-21(16-10-4-3-5-11-16)24-23(25-22)18-13-7-9-15-20(18)27-2/h3-15H,1-2H3,(H,24,25). The second-order valence-corrected chi connectivity index (χ2v) is 6.08. The quantitative estimate of drug-likeness (QED) is 0.519. The predicted octanol–water partition coefficient (Wildman–Crippen LogP) is 5.43. The highest BCUT2D eigenvalue weighted by atomic mass is 16.5. The molecule has 4 rings (SSSR count). The minimum absolute atomic E-state index is 0.757. The minimum Gasteiger partial charge on any atom is -0.496 e. The first-order chi connectivity index (χ1) is 13.3. The van der Waals surface area contributed by atoms with Crippen molar-refractivity contribution in [2.75, 3.05) is 14.2 Å². The summed E-state index contributed by atoms with van der Waals surface area (Å²) in [6.45, 7) is 0. The normalized spacial score (nSPS) is 10.6. The first-order valence-corrected chi connectivity index (χ1v) is 8.74. The Morgan fingerprint density at radius 2 is 1.22 bits per heavy atom. The van der Waals surface area contributed by atoms with Crippen molar-refractivity contribution >= 4 is 0 Å². The summed E-state index contributed by atoms with van der Waals surface area (Å²) >= 11 is 0. The van der Waals surface area contributed by atoms with Crippen LogP contribution in [-0.2, 0) is 0 Å². The fourth-order valence-electron chi connectivity index (χ4n) is 3.19. The molecule has 0 fully saturated rings. The number of hydrogen-bond acceptors (Lipinski definition) is 3. The topological polar surface area (TPSA) is 47.1 Å². The lowest BCUT2D eigenvalue weighted by molar-refractivity contribution is 0.416. The van der Waals surface area contributed by atoms with Crippen LogP contribution in [0.15, 0.2) is 78.9 Å². The highest BCUT2D eigenvalue weighted by Gasteiger charge is 2.19. The van der Waals surface area contributed by atoms with E-state index in [9.17, 15) is 0 Å². The summed E-state index contributed by atoms with van der Waals surface area (Å²) in [7, 11) is 3.34. The molecule has 4 heteroatoms. The summed E-state index contributed by atoms with van der Waals surface area (Å²) in [5.74, 6) is 2.32. The number of ether oxygens (including phenoxy) is 2. The van der Waals surface area contributed by atoms with Crippen molar-refractivity contribution in [1.82, 2.24) is 9.97 Å². The number of H-pyrrole nitrogens is 1. The number of benzene rings is 3. The third kappa shape index (κ3) is 3.17. The van der Waals surface area contributed by atoms with Crippen LogP contribution >= 0.6 is 0 Å². The largest absolute Gasteiger partial charge is 0.496 e. The zero-order valence-corrected chi connectivity index (χ0v) is 15.3. The summed E-state index contributed by atoms with van der Waals surface area (Å²) in [5, 5.41) is 0. The van der Waals surface area contributed by atoms with E-state index >= 15 is 0 Å². The molecular formula is C23H20N2O2. The Bertz CT molecular complexity index is 1050. The van der Waals surface area contributed by atoms with Crippen molar-refractivity contribution in [3.63, 3.8) is 0 Å². The van der Waals surface area contributed by atoms with Gasteiger partial charge in [-0.3, -0.25) is 0 Å². The fourth-order valence-corrected chi connectivity index (χ4v) is 3.19. The van der Waals surface area contributed by atoms with E-state index in [-0.39, 0.29) is 0 Å². The van der Waals surface area contributed by atoms with Gasteiger partial charge in [0.15, 0.2) is 0 Å². The molecule has 1 aromatic heterocycles. The second-order valence-electron chi connectivity index (χ2n) is 6.08. The van der Waals surface area contributed by atoms with Gasteiger partial charge < -0.3 is 14.5 Å². The number of hydrogen-bond donors (Lipinski definition) is 1. The van der Waals surface area contributed by atoms with Crippen LogP contribution in [0.5, 0.6) is 11.5 Å². The van der Waals surface area contributed by atoms with Crippen molar-refractivity contribution in [3.8, 4) is 45.4 Å². The Hall–Kier alpha value is -3.53. The first kappa shape index (κ1) is 16.9. The molecular weight excluding hydrogens is 336 g/mol. The van der Waals surface area contributed by atoms with Crippen molar-refractivity contribution < 1.29 is 9.47 Å². The van der Waals surface area contributed by atoms with E-state index in [1.54, 1.807) is 14.2 Å². The smallest absolute Gasteiger partial charge is 0.142 e. The number of nitrogens with zero attached hydrogens (tertiary/aromatic N) is 1. The van der Waals surface area contributed by atoms with Gasteiger partial charge in [-0.1, -0.05) is 54.6 Å². The number of aromatic amines is 1. The van der Waals surface area contributed by atoms with Crippen LogP contribution in [0.3, 0.4) is 0 Å². The van der Waals surface area contributed by atoms with Crippen molar-refractivity contribution in [3.05, 3.63) is 78.9 Å². The summed E-state index contributed by atoms with van der Waals surface area (Å²) in [6.07, 6.45) is 0. The number of methoxy groups -OCH3 is 2. The SMILES string of the molecule is COc1ccccc1-c1nc(-c2ccccc2OC)c(-c2ccccc2)[nH]1. The van der Waals surface area contributed by atoms with E-state index < -0.39 is 0 Å². The Morgan fingerprint density at radius 1 is 0.667 bits per heavy atom. The number of imidazole rings is 1. The van der Waals surface area contributed by atoms with Crippen molar-refractivity contribution in [2.45, 2.75) is 0 Å². The molecule has 27 heavy (non-hydrogen) atoms. The molecule has 1 N–H and O–H groups in total. The molecule has 3 aromatic carbocycles. The number of rotatable bonds is 5. The summed E-state index contributed by atoms with van der Waals surface area (Å²) in [4.78, 5) is 8.42. The molecule has 0 saturated carbocycles. The van der Waals surface area contributed by atoms with E-state index in [4.69, 9.17) is 14.5 Å². The molecule has 4 nitrogen and oxygen atoms in total. The monoisotopic (exact) mass is 356 g/mol. The molecule has 1 heterocycles. The average molecular weight is 356 g/mol.